The molecular weight excluding hydrogens is 356 g/mol. The summed E-state index contributed by atoms with van der Waals surface area (Å²) in [4.78, 5) is 12.5. The Bertz CT molecular complexity index is 1190. The number of aryl methyl sites for hydroxylation is 2. The highest BCUT2D eigenvalue weighted by Crippen LogP contribution is 2.33. The summed E-state index contributed by atoms with van der Waals surface area (Å²) >= 11 is 0. The fourth-order valence-corrected chi connectivity index (χ4v) is 3.75. The molecule has 0 aliphatic rings. The van der Waals surface area contributed by atoms with Crippen molar-refractivity contribution in [1.82, 2.24) is 9.88 Å². The van der Waals surface area contributed by atoms with Crippen molar-refractivity contribution >= 4 is 22.9 Å². The second kappa shape index (κ2) is 8.19. The number of fused-ring (bicyclic) bond motifs is 1. The lowest BCUT2D eigenvalue weighted by atomic mass is 10.0. The van der Waals surface area contributed by atoms with Gasteiger partial charge in [-0.2, -0.15) is 0 Å². The van der Waals surface area contributed by atoms with Gasteiger partial charge >= 0.3 is 0 Å². The molecule has 0 saturated carbocycles. The number of para-hydroxylation sites is 1. The van der Waals surface area contributed by atoms with Crippen molar-refractivity contribution < 1.29 is 4.79 Å². The SMILES string of the molecule is Cc1ccccc1CNC(=O)C=Cc1c(-c2ccccc2)n(C)c2ccccc12. The van der Waals surface area contributed by atoms with Crippen LogP contribution < -0.4 is 5.32 Å². The largest absolute Gasteiger partial charge is 0.348 e. The lowest BCUT2D eigenvalue weighted by Gasteiger charge is -2.07. The van der Waals surface area contributed by atoms with E-state index in [9.17, 15) is 4.79 Å². The summed E-state index contributed by atoms with van der Waals surface area (Å²) in [6, 6.07) is 26.7. The van der Waals surface area contributed by atoms with Gasteiger partial charge < -0.3 is 9.88 Å². The molecule has 144 valence electrons. The number of benzene rings is 3. The first-order chi connectivity index (χ1) is 14.1. The van der Waals surface area contributed by atoms with Crippen molar-refractivity contribution in [1.29, 1.82) is 0 Å². The van der Waals surface area contributed by atoms with E-state index in [-0.39, 0.29) is 5.91 Å². The van der Waals surface area contributed by atoms with Crippen LogP contribution in [-0.4, -0.2) is 10.5 Å². The number of nitrogens with one attached hydrogen (secondary N) is 1. The fraction of sp³-hybridized carbons (Fsp3) is 0.115. The highest BCUT2D eigenvalue weighted by molar-refractivity contribution is 6.01. The predicted molar refractivity (Wildman–Crippen MR) is 120 cm³/mol. The molecule has 29 heavy (non-hydrogen) atoms. The average Bonchev–Trinajstić information content (AvgIpc) is 3.04. The van der Waals surface area contributed by atoms with E-state index >= 15 is 0 Å². The minimum Gasteiger partial charge on any atom is -0.348 e. The number of carbonyl (C=O) groups excluding carboxylic acids is 1. The van der Waals surface area contributed by atoms with E-state index in [0.29, 0.717) is 6.54 Å². The Hall–Kier alpha value is -3.59. The topological polar surface area (TPSA) is 34.0 Å². The maximum Gasteiger partial charge on any atom is 0.244 e. The van der Waals surface area contributed by atoms with Crippen LogP contribution in [0.15, 0.2) is 84.9 Å². The Balaban J connectivity index is 1.65. The van der Waals surface area contributed by atoms with Crippen LogP contribution in [0.3, 0.4) is 0 Å². The lowest BCUT2D eigenvalue weighted by Crippen LogP contribution is -2.20. The minimum absolute atomic E-state index is 0.0970. The van der Waals surface area contributed by atoms with Gasteiger partial charge in [0.2, 0.25) is 5.91 Å². The standard InChI is InChI=1S/C26H24N2O/c1-19-10-6-7-13-21(19)18-27-25(29)17-16-23-22-14-8-9-15-24(22)28(2)26(23)20-11-4-3-5-12-20/h3-17H,18H2,1-2H3,(H,27,29). The number of hydrogen-bond acceptors (Lipinski definition) is 1. The molecule has 3 aromatic carbocycles. The molecule has 0 spiro atoms. The van der Waals surface area contributed by atoms with Crippen molar-refractivity contribution in [3.63, 3.8) is 0 Å². The van der Waals surface area contributed by atoms with Gasteiger partial charge in [0.15, 0.2) is 0 Å². The Morgan fingerprint density at radius 1 is 0.931 bits per heavy atom. The smallest absolute Gasteiger partial charge is 0.244 e. The van der Waals surface area contributed by atoms with E-state index in [1.165, 1.54) is 5.56 Å². The number of aromatic nitrogens is 1. The number of amides is 1. The van der Waals surface area contributed by atoms with Gasteiger partial charge in [0.05, 0.1) is 5.69 Å². The second-order valence-corrected chi connectivity index (χ2v) is 7.18. The van der Waals surface area contributed by atoms with E-state index < -0.39 is 0 Å². The molecule has 0 saturated heterocycles. The van der Waals surface area contributed by atoms with Crippen LogP contribution in [0.5, 0.6) is 0 Å². The molecule has 1 N–H and O–H groups in total. The summed E-state index contributed by atoms with van der Waals surface area (Å²) < 4.78 is 2.19. The van der Waals surface area contributed by atoms with Crippen LogP contribution in [0.1, 0.15) is 16.7 Å². The summed E-state index contributed by atoms with van der Waals surface area (Å²) in [6.07, 6.45) is 3.56. The molecule has 4 aromatic rings. The first-order valence-electron chi connectivity index (χ1n) is 9.78. The number of hydrogen-bond donors (Lipinski definition) is 1. The van der Waals surface area contributed by atoms with E-state index in [2.05, 4.69) is 54.2 Å². The van der Waals surface area contributed by atoms with Crippen LogP contribution in [-0.2, 0) is 18.4 Å². The molecule has 1 amide bonds. The van der Waals surface area contributed by atoms with Gasteiger partial charge in [-0.3, -0.25) is 4.79 Å². The Morgan fingerprint density at radius 3 is 2.41 bits per heavy atom. The second-order valence-electron chi connectivity index (χ2n) is 7.18. The molecule has 3 nitrogen and oxygen atoms in total. The summed E-state index contributed by atoms with van der Waals surface area (Å²) in [7, 11) is 2.07. The zero-order valence-electron chi connectivity index (χ0n) is 16.7. The number of rotatable bonds is 5. The van der Waals surface area contributed by atoms with E-state index in [1.54, 1.807) is 6.08 Å². The summed E-state index contributed by atoms with van der Waals surface area (Å²) in [5.41, 5.74) is 6.74. The molecular formula is C26H24N2O. The average molecular weight is 380 g/mol. The molecule has 3 heteroatoms. The molecule has 1 heterocycles. The first kappa shape index (κ1) is 18.8. The van der Waals surface area contributed by atoms with Crippen LogP contribution in [0.4, 0.5) is 0 Å². The number of carbonyl (C=O) groups is 1. The molecule has 0 fully saturated rings. The van der Waals surface area contributed by atoms with Gasteiger partial charge in [-0.05, 0) is 35.8 Å². The molecule has 0 aliphatic heterocycles. The van der Waals surface area contributed by atoms with Gasteiger partial charge in [-0.25, -0.2) is 0 Å². The summed E-state index contributed by atoms with van der Waals surface area (Å²) in [5.74, 6) is -0.0970. The highest BCUT2D eigenvalue weighted by atomic mass is 16.1. The van der Waals surface area contributed by atoms with Crippen molar-refractivity contribution in [2.45, 2.75) is 13.5 Å². The Kier molecular flexibility index (Phi) is 5.30. The highest BCUT2D eigenvalue weighted by Gasteiger charge is 2.14. The lowest BCUT2D eigenvalue weighted by molar-refractivity contribution is -0.116. The zero-order chi connectivity index (χ0) is 20.2. The summed E-state index contributed by atoms with van der Waals surface area (Å²) in [6.45, 7) is 2.58. The third-order valence-corrected chi connectivity index (χ3v) is 5.31. The van der Waals surface area contributed by atoms with Crippen molar-refractivity contribution in [3.8, 4) is 11.3 Å². The monoisotopic (exact) mass is 380 g/mol. The first-order valence-corrected chi connectivity index (χ1v) is 9.78. The fourth-order valence-electron chi connectivity index (χ4n) is 3.75. The summed E-state index contributed by atoms with van der Waals surface area (Å²) in [5, 5.41) is 4.13. The molecule has 0 aliphatic carbocycles. The van der Waals surface area contributed by atoms with Crippen LogP contribution in [0.2, 0.25) is 0 Å². The van der Waals surface area contributed by atoms with Gasteiger partial charge in [0.25, 0.3) is 0 Å². The van der Waals surface area contributed by atoms with Crippen molar-refractivity contribution in [3.05, 3.63) is 102 Å². The van der Waals surface area contributed by atoms with Crippen LogP contribution in [0.25, 0.3) is 28.2 Å². The molecule has 0 unspecified atom stereocenters. The maximum atomic E-state index is 12.5. The number of nitrogens with zero attached hydrogens (tertiary/aromatic N) is 1. The third kappa shape index (κ3) is 3.85. The van der Waals surface area contributed by atoms with E-state index in [0.717, 1.165) is 33.3 Å². The predicted octanol–water partition coefficient (Wildman–Crippen LogP) is 5.48. The van der Waals surface area contributed by atoms with E-state index in [4.69, 9.17) is 0 Å². The molecule has 0 atom stereocenters. The van der Waals surface area contributed by atoms with Gasteiger partial charge in [-0.1, -0.05) is 72.8 Å². The zero-order valence-corrected chi connectivity index (χ0v) is 16.7. The molecule has 0 bridgehead atoms. The van der Waals surface area contributed by atoms with E-state index in [1.807, 2.05) is 54.6 Å². The van der Waals surface area contributed by atoms with Gasteiger partial charge in [-0.15, -0.1) is 0 Å². The van der Waals surface area contributed by atoms with Crippen molar-refractivity contribution in [2.75, 3.05) is 0 Å². The maximum absolute atomic E-state index is 12.5. The molecule has 1 aromatic heterocycles. The van der Waals surface area contributed by atoms with Crippen molar-refractivity contribution in [2.24, 2.45) is 7.05 Å². The Labute approximate surface area is 171 Å². The van der Waals surface area contributed by atoms with Gasteiger partial charge in [0.1, 0.15) is 0 Å². The molecule has 0 radical (unpaired) electrons. The Morgan fingerprint density at radius 2 is 1.62 bits per heavy atom. The van der Waals surface area contributed by atoms with Crippen LogP contribution in [0, 0.1) is 6.92 Å². The quantitative estimate of drug-likeness (QED) is 0.457. The minimum atomic E-state index is -0.0970. The van der Waals surface area contributed by atoms with Crippen LogP contribution >= 0.6 is 0 Å². The normalized spacial score (nSPS) is 11.2. The molecule has 4 rings (SSSR count). The third-order valence-electron chi connectivity index (χ3n) is 5.31. The van der Waals surface area contributed by atoms with Gasteiger partial charge in [0, 0.05) is 36.1 Å².